The molecule has 0 aromatic heterocycles. The molecule has 0 aromatic rings. The van der Waals surface area contributed by atoms with E-state index in [-0.39, 0.29) is 0 Å². The van der Waals surface area contributed by atoms with Gasteiger partial charge in [-0.1, -0.05) is 0 Å². The molecular formula is C8H16F3IN2O2S. The van der Waals surface area contributed by atoms with Crippen molar-refractivity contribution in [3.63, 3.8) is 0 Å². The fourth-order valence-corrected chi connectivity index (χ4v) is 4.89. The van der Waals surface area contributed by atoms with E-state index in [0.29, 0.717) is 25.9 Å². The summed E-state index contributed by atoms with van der Waals surface area (Å²) in [5, 5.41) is 0. The summed E-state index contributed by atoms with van der Waals surface area (Å²) in [5.41, 5.74) is -5.21. The number of hydrogen-bond acceptors (Lipinski definition) is 3. The predicted molar refractivity (Wildman–Crippen MR) is 68.6 cm³/mol. The average Bonchev–Trinajstić information content (AvgIpc) is 2.16. The van der Waals surface area contributed by atoms with Crippen LogP contribution in [0.15, 0.2) is 0 Å². The van der Waals surface area contributed by atoms with E-state index in [4.69, 9.17) is 0 Å². The molecule has 1 saturated heterocycles. The fraction of sp³-hybridized carbons (Fsp3) is 1.00. The second-order valence-corrected chi connectivity index (χ2v) is 11.1. The van der Waals surface area contributed by atoms with Crippen LogP contribution in [0.2, 0.25) is 0 Å². The van der Waals surface area contributed by atoms with Crippen molar-refractivity contribution in [2.24, 2.45) is 0 Å². The molecule has 0 radical (unpaired) electrons. The van der Waals surface area contributed by atoms with E-state index in [1.807, 2.05) is 0 Å². The van der Waals surface area contributed by atoms with Gasteiger partial charge in [-0.05, 0) is 0 Å². The normalized spacial score (nSPS) is 21.6. The van der Waals surface area contributed by atoms with Gasteiger partial charge >= 0.3 is 107 Å². The molecule has 0 atom stereocenters. The van der Waals surface area contributed by atoms with Crippen LogP contribution in [0.4, 0.5) is 13.2 Å². The molecule has 9 heteroatoms. The zero-order valence-electron chi connectivity index (χ0n) is 9.59. The molecule has 104 valence electrons. The van der Waals surface area contributed by atoms with Crippen LogP contribution in [0.25, 0.3) is 0 Å². The second-order valence-electron chi connectivity index (χ2n) is 3.97. The van der Waals surface area contributed by atoms with Gasteiger partial charge in [0.1, 0.15) is 0 Å². The molecule has 4 nitrogen and oxygen atoms in total. The number of sulfonamides is 1. The quantitative estimate of drug-likeness (QED) is 0.454. The minimum atomic E-state index is -5.21. The molecule has 0 bridgehead atoms. The van der Waals surface area contributed by atoms with Gasteiger partial charge in [-0.3, -0.25) is 0 Å². The van der Waals surface area contributed by atoms with E-state index in [2.05, 4.69) is 13.0 Å². The van der Waals surface area contributed by atoms with Gasteiger partial charge in [-0.25, -0.2) is 0 Å². The van der Waals surface area contributed by atoms with E-state index < -0.39 is 41.7 Å². The molecule has 1 N–H and O–H groups in total. The molecule has 1 heterocycles. The molecule has 17 heavy (non-hydrogen) atoms. The second kappa shape index (κ2) is 5.57. The Labute approximate surface area is 107 Å². The number of alkyl halides is 5. The van der Waals surface area contributed by atoms with Crippen LogP contribution >= 0.6 is 20.1 Å². The maximum atomic E-state index is 12.1. The van der Waals surface area contributed by atoms with E-state index in [1.165, 1.54) is 0 Å². The van der Waals surface area contributed by atoms with E-state index >= 15 is 0 Å². The van der Waals surface area contributed by atoms with E-state index in [0.717, 1.165) is 0 Å². The van der Waals surface area contributed by atoms with Crippen LogP contribution < -0.4 is 4.72 Å². The monoisotopic (exact) mass is 388 g/mol. The molecule has 1 fully saturated rings. The van der Waals surface area contributed by atoms with Gasteiger partial charge in [0.25, 0.3) is 0 Å². The number of nitrogens with one attached hydrogen (secondary N) is 1. The predicted octanol–water partition coefficient (Wildman–Crippen LogP) is 1.57. The SMILES string of the molecule is CI(C)N1CCC(NS(=O)(=O)C(F)(F)F)CC1. The van der Waals surface area contributed by atoms with Crippen LogP contribution in [0.3, 0.4) is 0 Å². The Morgan fingerprint density at radius 3 is 2.06 bits per heavy atom. The molecule has 0 aromatic carbocycles. The topological polar surface area (TPSA) is 49.4 Å². The zero-order chi connectivity index (χ0) is 13.3. The summed E-state index contributed by atoms with van der Waals surface area (Å²) < 4.78 is 62.2. The Balaban J connectivity index is 2.52. The summed E-state index contributed by atoms with van der Waals surface area (Å²) in [6.45, 7) is 1.37. The Morgan fingerprint density at radius 2 is 1.71 bits per heavy atom. The first-order valence-corrected chi connectivity index (χ1v) is 11.7. The summed E-state index contributed by atoms with van der Waals surface area (Å²) in [4.78, 5) is 4.31. The molecular weight excluding hydrogens is 372 g/mol. The molecule has 0 spiro atoms. The first-order valence-electron chi connectivity index (χ1n) is 4.97. The van der Waals surface area contributed by atoms with Gasteiger partial charge in [-0.2, -0.15) is 0 Å². The third kappa shape index (κ3) is 4.21. The minimum absolute atomic E-state index is 0.449. The molecule has 0 saturated carbocycles. The van der Waals surface area contributed by atoms with Gasteiger partial charge in [0.05, 0.1) is 0 Å². The van der Waals surface area contributed by atoms with Crippen LogP contribution in [-0.4, -0.2) is 46.0 Å². The van der Waals surface area contributed by atoms with E-state index in [9.17, 15) is 21.6 Å². The summed E-state index contributed by atoms with van der Waals surface area (Å²) in [5.74, 6) is 0. The van der Waals surface area contributed by atoms with Crippen molar-refractivity contribution in [3.8, 4) is 0 Å². The number of nitrogens with zero attached hydrogens (tertiary/aromatic N) is 1. The molecule has 0 unspecified atom stereocenters. The van der Waals surface area contributed by atoms with Crippen molar-refractivity contribution < 1.29 is 21.6 Å². The molecule has 0 aliphatic carbocycles. The summed E-state index contributed by atoms with van der Waals surface area (Å²) >= 11 is -1.09. The van der Waals surface area contributed by atoms with Gasteiger partial charge < -0.3 is 0 Å². The van der Waals surface area contributed by atoms with Crippen LogP contribution in [0, 0.1) is 0 Å². The van der Waals surface area contributed by atoms with Crippen molar-refractivity contribution in [1.82, 2.24) is 7.84 Å². The van der Waals surface area contributed by atoms with Crippen molar-refractivity contribution >= 4 is 30.1 Å². The van der Waals surface area contributed by atoms with Crippen LogP contribution in [-0.2, 0) is 10.0 Å². The van der Waals surface area contributed by atoms with Gasteiger partial charge in [0.2, 0.25) is 0 Å². The van der Waals surface area contributed by atoms with Crippen LogP contribution in [0.5, 0.6) is 0 Å². The maximum absolute atomic E-state index is 12.1. The van der Waals surface area contributed by atoms with Gasteiger partial charge in [0, 0.05) is 0 Å². The third-order valence-corrected chi connectivity index (χ3v) is 7.49. The number of piperidine rings is 1. The van der Waals surface area contributed by atoms with Crippen molar-refractivity contribution in [3.05, 3.63) is 0 Å². The Kier molecular flexibility index (Phi) is 5.07. The van der Waals surface area contributed by atoms with Crippen molar-refractivity contribution in [2.45, 2.75) is 24.4 Å². The number of halogens is 4. The number of rotatable bonds is 3. The summed E-state index contributed by atoms with van der Waals surface area (Å²) in [6.07, 6.45) is 0.899. The van der Waals surface area contributed by atoms with Gasteiger partial charge in [-0.15, -0.1) is 0 Å². The standard InChI is InChI=1S/C8H16F3IN2O2S/c1-12(2)14-5-3-7(4-6-14)13-17(15,16)8(9,10)11/h7,13H,3-6H2,1-2H3. The van der Waals surface area contributed by atoms with E-state index in [1.54, 1.807) is 4.72 Å². The molecule has 0 amide bonds. The molecule has 1 aliphatic rings. The van der Waals surface area contributed by atoms with Gasteiger partial charge in [0.15, 0.2) is 0 Å². The summed E-state index contributed by atoms with van der Waals surface area (Å²) in [7, 11) is -5.19. The molecule has 1 rings (SSSR count). The molecule has 1 aliphatic heterocycles. The Bertz CT molecular complexity index is 350. The number of hydrogen-bond donors (Lipinski definition) is 1. The Hall–Kier alpha value is 0.390. The van der Waals surface area contributed by atoms with Crippen molar-refractivity contribution in [2.75, 3.05) is 23.0 Å². The third-order valence-electron chi connectivity index (χ3n) is 2.54. The van der Waals surface area contributed by atoms with Crippen LogP contribution in [0.1, 0.15) is 12.8 Å². The first-order chi connectivity index (χ1) is 7.63. The average molecular weight is 388 g/mol. The fourth-order valence-electron chi connectivity index (χ4n) is 1.59. The first kappa shape index (κ1) is 15.4. The van der Waals surface area contributed by atoms with Crippen molar-refractivity contribution in [1.29, 1.82) is 0 Å². The zero-order valence-corrected chi connectivity index (χ0v) is 12.6. The Morgan fingerprint density at radius 1 is 1.24 bits per heavy atom. The summed E-state index contributed by atoms with van der Waals surface area (Å²) in [6, 6.07) is -0.589.